The second-order valence-corrected chi connectivity index (χ2v) is 6.22. The SMILES string of the molecule is CC(C)(C)OC(=O)NCCCC(=O)Nc1cnc2[nH]ccc2c1. The minimum absolute atomic E-state index is 0.118. The van der Waals surface area contributed by atoms with Crippen LogP contribution in [0, 0.1) is 0 Å². The fourth-order valence-corrected chi connectivity index (χ4v) is 1.99. The van der Waals surface area contributed by atoms with E-state index in [1.165, 1.54) is 0 Å². The molecule has 124 valence electrons. The Morgan fingerprint density at radius 3 is 2.87 bits per heavy atom. The van der Waals surface area contributed by atoms with Gasteiger partial charge in [0.2, 0.25) is 5.91 Å². The van der Waals surface area contributed by atoms with E-state index in [4.69, 9.17) is 4.74 Å². The molecule has 2 aromatic rings. The van der Waals surface area contributed by atoms with E-state index in [9.17, 15) is 9.59 Å². The Balaban J connectivity index is 1.70. The van der Waals surface area contributed by atoms with Crippen molar-refractivity contribution in [2.24, 2.45) is 0 Å². The largest absolute Gasteiger partial charge is 0.444 e. The Hall–Kier alpha value is -2.57. The Labute approximate surface area is 134 Å². The van der Waals surface area contributed by atoms with Gasteiger partial charge in [-0.05, 0) is 39.3 Å². The molecule has 0 saturated heterocycles. The molecule has 2 heterocycles. The molecular formula is C16H22N4O3. The van der Waals surface area contributed by atoms with Gasteiger partial charge in [0.15, 0.2) is 0 Å². The lowest BCUT2D eigenvalue weighted by atomic mass is 10.2. The molecule has 2 rings (SSSR count). The fourth-order valence-electron chi connectivity index (χ4n) is 1.99. The van der Waals surface area contributed by atoms with E-state index >= 15 is 0 Å². The number of nitrogens with zero attached hydrogens (tertiary/aromatic N) is 1. The third-order valence-electron chi connectivity index (χ3n) is 2.93. The summed E-state index contributed by atoms with van der Waals surface area (Å²) in [5, 5.41) is 6.35. The van der Waals surface area contributed by atoms with Crippen molar-refractivity contribution in [3.05, 3.63) is 24.5 Å². The van der Waals surface area contributed by atoms with Crippen molar-refractivity contribution in [1.82, 2.24) is 15.3 Å². The van der Waals surface area contributed by atoms with E-state index in [1.807, 2.05) is 12.1 Å². The average molecular weight is 318 g/mol. The van der Waals surface area contributed by atoms with Crippen molar-refractivity contribution in [3.8, 4) is 0 Å². The van der Waals surface area contributed by atoms with Crippen LogP contribution in [0.2, 0.25) is 0 Å². The third kappa shape index (κ3) is 5.61. The van der Waals surface area contributed by atoms with Gasteiger partial charge >= 0.3 is 6.09 Å². The molecule has 0 aromatic carbocycles. The normalized spacial score (nSPS) is 11.3. The van der Waals surface area contributed by atoms with Crippen molar-refractivity contribution in [1.29, 1.82) is 0 Å². The Kier molecular flexibility index (Phi) is 5.20. The first-order valence-corrected chi connectivity index (χ1v) is 7.53. The summed E-state index contributed by atoms with van der Waals surface area (Å²) in [6, 6.07) is 3.75. The second kappa shape index (κ2) is 7.13. The van der Waals surface area contributed by atoms with Crippen LogP contribution in [0.15, 0.2) is 24.5 Å². The lowest BCUT2D eigenvalue weighted by Crippen LogP contribution is -2.33. The number of aromatic amines is 1. The van der Waals surface area contributed by atoms with Crippen LogP contribution in [0.5, 0.6) is 0 Å². The van der Waals surface area contributed by atoms with Crippen LogP contribution >= 0.6 is 0 Å². The molecule has 0 aliphatic rings. The minimum atomic E-state index is -0.522. The third-order valence-corrected chi connectivity index (χ3v) is 2.93. The summed E-state index contributed by atoms with van der Waals surface area (Å²) in [6.07, 6.45) is 3.77. The van der Waals surface area contributed by atoms with Crippen molar-refractivity contribution >= 4 is 28.7 Å². The van der Waals surface area contributed by atoms with Crippen LogP contribution in [0.25, 0.3) is 11.0 Å². The number of carbonyl (C=O) groups excluding carboxylic acids is 2. The average Bonchev–Trinajstić information content (AvgIpc) is 2.89. The van der Waals surface area contributed by atoms with Gasteiger partial charge in [0, 0.05) is 24.5 Å². The first-order chi connectivity index (χ1) is 10.8. The van der Waals surface area contributed by atoms with Gasteiger partial charge in [-0.2, -0.15) is 0 Å². The number of amides is 2. The number of hydrogen-bond acceptors (Lipinski definition) is 4. The predicted molar refractivity (Wildman–Crippen MR) is 88.2 cm³/mol. The number of aromatic nitrogens is 2. The number of fused-ring (bicyclic) bond motifs is 1. The number of hydrogen-bond donors (Lipinski definition) is 3. The first kappa shape index (κ1) is 16.8. The van der Waals surface area contributed by atoms with Crippen LogP contribution < -0.4 is 10.6 Å². The van der Waals surface area contributed by atoms with E-state index < -0.39 is 11.7 Å². The Bertz CT molecular complexity index is 688. The van der Waals surface area contributed by atoms with Gasteiger partial charge in [0.05, 0.1) is 11.9 Å². The van der Waals surface area contributed by atoms with Gasteiger partial charge in [0.25, 0.3) is 0 Å². The molecule has 7 heteroatoms. The molecule has 2 amide bonds. The molecule has 23 heavy (non-hydrogen) atoms. The predicted octanol–water partition coefficient (Wildman–Crippen LogP) is 2.81. The summed E-state index contributed by atoms with van der Waals surface area (Å²) in [7, 11) is 0. The maximum Gasteiger partial charge on any atom is 0.407 e. The van der Waals surface area contributed by atoms with E-state index in [0.717, 1.165) is 11.0 Å². The molecule has 2 aromatic heterocycles. The molecule has 0 fully saturated rings. The molecule has 7 nitrogen and oxygen atoms in total. The van der Waals surface area contributed by atoms with Gasteiger partial charge in [-0.25, -0.2) is 9.78 Å². The zero-order valence-corrected chi connectivity index (χ0v) is 13.6. The monoisotopic (exact) mass is 318 g/mol. The minimum Gasteiger partial charge on any atom is -0.444 e. The molecule has 0 bridgehead atoms. The summed E-state index contributed by atoms with van der Waals surface area (Å²) in [6.45, 7) is 5.79. The van der Waals surface area contributed by atoms with Gasteiger partial charge in [-0.3, -0.25) is 4.79 Å². The van der Waals surface area contributed by atoms with Crippen LogP contribution in [0.4, 0.5) is 10.5 Å². The maximum absolute atomic E-state index is 11.9. The van der Waals surface area contributed by atoms with E-state index in [0.29, 0.717) is 25.1 Å². The Morgan fingerprint density at radius 1 is 1.35 bits per heavy atom. The lowest BCUT2D eigenvalue weighted by molar-refractivity contribution is -0.116. The highest BCUT2D eigenvalue weighted by Crippen LogP contribution is 2.15. The molecule has 0 radical (unpaired) electrons. The molecule has 0 spiro atoms. The molecule has 0 saturated carbocycles. The number of alkyl carbamates (subject to hydrolysis) is 1. The number of pyridine rings is 1. The van der Waals surface area contributed by atoms with E-state index in [-0.39, 0.29) is 5.91 Å². The van der Waals surface area contributed by atoms with E-state index in [2.05, 4.69) is 20.6 Å². The number of nitrogens with one attached hydrogen (secondary N) is 3. The van der Waals surface area contributed by atoms with Crippen molar-refractivity contribution in [2.75, 3.05) is 11.9 Å². The van der Waals surface area contributed by atoms with Gasteiger partial charge in [-0.1, -0.05) is 0 Å². The van der Waals surface area contributed by atoms with Crippen LogP contribution in [-0.2, 0) is 9.53 Å². The van der Waals surface area contributed by atoms with Crippen LogP contribution in [0.3, 0.4) is 0 Å². The summed E-state index contributed by atoms with van der Waals surface area (Å²) < 4.78 is 5.11. The number of ether oxygens (including phenoxy) is 1. The number of carbonyl (C=O) groups is 2. The van der Waals surface area contributed by atoms with Crippen molar-refractivity contribution in [3.63, 3.8) is 0 Å². The highest BCUT2D eigenvalue weighted by Gasteiger charge is 2.15. The van der Waals surface area contributed by atoms with Gasteiger partial charge < -0.3 is 20.4 Å². The fraction of sp³-hybridized carbons (Fsp3) is 0.438. The summed E-state index contributed by atoms with van der Waals surface area (Å²) in [4.78, 5) is 30.5. The van der Waals surface area contributed by atoms with Gasteiger partial charge in [-0.15, -0.1) is 0 Å². The maximum atomic E-state index is 11.9. The van der Waals surface area contributed by atoms with Crippen LogP contribution in [0.1, 0.15) is 33.6 Å². The second-order valence-electron chi connectivity index (χ2n) is 6.22. The summed E-state index contributed by atoms with van der Waals surface area (Å²) in [5.41, 5.74) is 0.914. The topological polar surface area (TPSA) is 96.1 Å². The standard InChI is InChI=1S/C16H22N4O3/c1-16(2,3)23-15(22)18-7-4-5-13(21)20-12-9-11-6-8-17-14(11)19-10-12/h6,8-10H,4-5,7H2,1-3H3,(H,17,19)(H,18,22)(H,20,21). The number of rotatable bonds is 5. The van der Waals surface area contributed by atoms with Crippen LogP contribution in [-0.4, -0.2) is 34.1 Å². The number of H-pyrrole nitrogens is 1. The Morgan fingerprint density at radius 2 is 2.13 bits per heavy atom. The highest BCUT2D eigenvalue weighted by molar-refractivity contribution is 5.92. The van der Waals surface area contributed by atoms with Gasteiger partial charge in [0.1, 0.15) is 11.2 Å². The van der Waals surface area contributed by atoms with Crippen molar-refractivity contribution < 1.29 is 14.3 Å². The molecule has 0 unspecified atom stereocenters. The molecular weight excluding hydrogens is 296 g/mol. The molecule has 0 atom stereocenters. The smallest absolute Gasteiger partial charge is 0.407 e. The van der Waals surface area contributed by atoms with Crippen molar-refractivity contribution in [2.45, 2.75) is 39.2 Å². The highest BCUT2D eigenvalue weighted by atomic mass is 16.6. The molecule has 0 aliphatic heterocycles. The zero-order chi connectivity index (χ0) is 16.9. The molecule has 3 N–H and O–H groups in total. The lowest BCUT2D eigenvalue weighted by Gasteiger charge is -2.19. The van der Waals surface area contributed by atoms with E-state index in [1.54, 1.807) is 33.2 Å². The zero-order valence-electron chi connectivity index (χ0n) is 13.6. The quantitative estimate of drug-likeness (QED) is 0.739. The summed E-state index contributed by atoms with van der Waals surface area (Å²) >= 11 is 0. The first-order valence-electron chi connectivity index (χ1n) is 7.53. The summed E-state index contributed by atoms with van der Waals surface area (Å²) in [5.74, 6) is -0.118. The number of anilines is 1. The molecule has 0 aliphatic carbocycles.